The summed E-state index contributed by atoms with van der Waals surface area (Å²) in [4.78, 5) is 0. The Hall–Kier alpha value is -1.38. The van der Waals surface area contributed by atoms with Crippen LogP contribution in [0.5, 0.6) is 0 Å². The lowest BCUT2D eigenvalue weighted by Gasteiger charge is -2.28. The zero-order chi connectivity index (χ0) is 13.4. The van der Waals surface area contributed by atoms with Crippen LogP contribution in [-0.2, 0) is 5.75 Å². The van der Waals surface area contributed by atoms with E-state index in [1.165, 1.54) is 27.8 Å². The minimum absolute atomic E-state index is 0.416. The summed E-state index contributed by atoms with van der Waals surface area (Å²) in [6.07, 6.45) is 8.82. The molecule has 3 aliphatic rings. The summed E-state index contributed by atoms with van der Waals surface area (Å²) in [5, 5.41) is 6.91. The van der Waals surface area contributed by atoms with Crippen LogP contribution < -0.4 is 0 Å². The summed E-state index contributed by atoms with van der Waals surface area (Å²) in [6.45, 7) is 0. The Labute approximate surface area is 128 Å². The molecule has 1 unspecified atom stereocenters. The molecule has 1 aliphatic carbocycles. The lowest BCUT2D eigenvalue weighted by molar-refractivity contribution is 0.952. The third-order valence-corrected chi connectivity index (χ3v) is 5.53. The monoisotopic (exact) mass is 294 g/mol. The van der Waals surface area contributed by atoms with Gasteiger partial charge in [0.25, 0.3) is 0 Å². The van der Waals surface area contributed by atoms with Crippen LogP contribution in [0.25, 0.3) is 5.57 Å². The maximum absolute atomic E-state index is 2.34. The third-order valence-electron chi connectivity index (χ3n) is 3.86. The Morgan fingerprint density at radius 3 is 2.95 bits per heavy atom. The zero-order valence-corrected chi connectivity index (χ0v) is 12.6. The number of benzene rings is 1. The maximum atomic E-state index is 2.34. The quantitative estimate of drug-likeness (QED) is 0.668. The van der Waals surface area contributed by atoms with Crippen LogP contribution in [0.2, 0.25) is 0 Å². The van der Waals surface area contributed by atoms with Crippen LogP contribution in [0.1, 0.15) is 11.1 Å². The molecule has 1 aromatic carbocycles. The van der Waals surface area contributed by atoms with E-state index in [9.17, 15) is 0 Å². The Bertz CT molecular complexity index is 702. The van der Waals surface area contributed by atoms with E-state index in [0.717, 1.165) is 5.75 Å². The summed E-state index contributed by atoms with van der Waals surface area (Å²) in [5.74, 6) is 1.50. The van der Waals surface area contributed by atoms with Crippen molar-refractivity contribution >= 4 is 29.1 Å². The highest BCUT2D eigenvalue weighted by atomic mass is 32.2. The van der Waals surface area contributed by atoms with E-state index >= 15 is 0 Å². The first-order valence-electron chi connectivity index (χ1n) is 6.74. The van der Waals surface area contributed by atoms with Crippen molar-refractivity contribution < 1.29 is 0 Å². The first-order valence-corrected chi connectivity index (χ1v) is 8.73. The van der Waals surface area contributed by atoms with Gasteiger partial charge in [0.2, 0.25) is 0 Å². The van der Waals surface area contributed by atoms with Gasteiger partial charge in [-0.05, 0) is 44.1 Å². The Balaban J connectivity index is 1.78. The van der Waals surface area contributed by atoms with Crippen LogP contribution >= 0.6 is 23.5 Å². The lowest BCUT2D eigenvalue weighted by Crippen LogP contribution is -2.11. The molecule has 0 N–H and O–H groups in total. The molecular formula is C18H14S2. The Morgan fingerprint density at radius 2 is 1.95 bits per heavy atom. The molecule has 2 aliphatic heterocycles. The van der Waals surface area contributed by atoms with Gasteiger partial charge in [-0.25, -0.2) is 0 Å². The highest BCUT2D eigenvalue weighted by Gasteiger charge is 2.25. The molecule has 0 fully saturated rings. The highest BCUT2D eigenvalue weighted by Crippen LogP contribution is 2.44. The highest BCUT2D eigenvalue weighted by molar-refractivity contribution is 8.05. The molecule has 0 aromatic heterocycles. The molecule has 0 saturated heterocycles. The molecule has 1 atom stereocenters. The van der Waals surface area contributed by atoms with Crippen molar-refractivity contribution in [1.82, 2.24) is 0 Å². The van der Waals surface area contributed by atoms with Gasteiger partial charge in [0.15, 0.2) is 0 Å². The van der Waals surface area contributed by atoms with E-state index in [2.05, 4.69) is 64.8 Å². The summed E-state index contributed by atoms with van der Waals surface area (Å²) in [7, 11) is 0. The predicted octanol–water partition coefficient (Wildman–Crippen LogP) is 5.53. The van der Waals surface area contributed by atoms with E-state index in [4.69, 9.17) is 0 Å². The van der Waals surface area contributed by atoms with Crippen LogP contribution in [0.15, 0.2) is 75.9 Å². The first kappa shape index (κ1) is 12.4. The van der Waals surface area contributed by atoms with Gasteiger partial charge in [0, 0.05) is 11.7 Å². The Kier molecular flexibility index (Phi) is 3.21. The van der Waals surface area contributed by atoms with Crippen LogP contribution in [0.4, 0.5) is 0 Å². The zero-order valence-electron chi connectivity index (χ0n) is 11.0. The average Bonchev–Trinajstić information content (AvgIpc) is 2.54. The summed E-state index contributed by atoms with van der Waals surface area (Å²) < 4.78 is 0. The van der Waals surface area contributed by atoms with E-state index in [-0.39, 0.29) is 0 Å². The van der Waals surface area contributed by atoms with Gasteiger partial charge in [-0.1, -0.05) is 48.6 Å². The van der Waals surface area contributed by atoms with Gasteiger partial charge in [0.1, 0.15) is 0 Å². The van der Waals surface area contributed by atoms with Crippen molar-refractivity contribution in [2.45, 2.75) is 5.75 Å². The molecule has 1 aromatic rings. The number of hydrogen-bond donors (Lipinski definition) is 0. The van der Waals surface area contributed by atoms with Gasteiger partial charge in [-0.2, -0.15) is 0 Å². The molecule has 0 bridgehead atoms. The average molecular weight is 294 g/mol. The molecule has 0 radical (unpaired) electrons. The van der Waals surface area contributed by atoms with E-state index in [0.29, 0.717) is 5.92 Å². The van der Waals surface area contributed by atoms with Crippen molar-refractivity contribution in [3.63, 3.8) is 0 Å². The number of rotatable bonds is 1. The minimum atomic E-state index is 0.416. The number of thioether (sulfide) groups is 2. The molecule has 4 rings (SSSR count). The standard InChI is InChI=1S/C18H14S2/c1-3-7-15-13(5-1)9-19-11-17(15)18-12-20-10-14-6-2-4-8-16(14)18/h1-9,11-12,15H,10H2. The molecule has 2 heterocycles. The second-order valence-corrected chi connectivity index (χ2v) is 6.65. The molecular weight excluding hydrogens is 280 g/mol. The van der Waals surface area contributed by atoms with Gasteiger partial charge in [-0.15, -0.1) is 23.5 Å². The SMILES string of the molecule is C1=CC2=CSC=C(C3=CSCc4ccccc43)C2C=C1. The summed E-state index contributed by atoms with van der Waals surface area (Å²) in [5.41, 5.74) is 7.10. The fourth-order valence-electron chi connectivity index (χ4n) is 2.85. The van der Waals surface area contributed by atoms with Crippen molar-refractivity contribution in [2.24, 2.45) is 5.92 Å². The van der Waals surface area contributed by atoms with E-state index in [1.807, 2.05) is 11.8 Å². The molecule has 2 heteroatoms. The fourth-order valence-corrected chi connectivity index (χ4v) is 4.67. The van der Waals surface area contributed by atoms with Gasteiger partial charge in [0.05, 0.1) is 0 Å². The smallest absolute Gasteiger partial charge is 0.0289 e. The number of hydrogen-bond acceptors (Lipinski definition) is 2. The van der Waals surface area contributed by atoms with Crippen LogP contribution in [-0.4, -0.2) is 0 Å². The second-order valence-electron chi connectivity index (χ2n) is 5.05. The normalized spacial score (nSPS) is 23.4. The van der Waals surface area contributed by atoms with Gasteiger partial charge < -0.3 is 0 Å². The minimum Gasteiger partial charge on any atom is -0.129 e. The molecule has 20 heavy (non-hydrogen) atoms. The van der Waals surface area contributed by atoms with Crippen molar-refractivity contribution in [3.05, 3.63) is 87.1 Å². The summed E-state index contributed by atoms with van der Waals surface area (Å²) >= 11 is 3.70. The summed E-state index contributed by atoms with van der Waals surface area (Å²) in [6, 6.07) is 8.79. The molecule has 0 saturated carbocycles. The molecule has 0 spiro atoms. The second kappa shape index (κ2) is 5.19. The van der Waals surface area contributed by atoms with Crippen LogP contribution in [0, 0.1) is 5.92 Å². The molecule has 0 nitrogen and oxygen atoms in total. The number of allylic oxidation sites excluding steroid dienone is 7. The van der Waals surface area contributed by atoms with Crippen molar-refractivity contribution in [3.8, 4) is 0 Å². The van der Waals surface area contributed by atoms with Gasteiger partial charge >= 0.3 is 0 Å². The molecule has 98 valence electrons. The van der Waals surface area contributed by atoms with Crippen LogP contribution in [0.3, 0.4) is 0 Å². The predicted molar refractivity (Wildman–Crippen MR) is 91.2 cm³/mol. The Morgan fingerprint density at radius 1 is 1.00 bits per heavy atom. The van der Waals surface area contributed by atoms with Gasteiger partial charge in [-0.3, -0.25) is 0 Å². The maximum Gasteiger partial charge on any atom is 0.0289 e. The number of fused-ring (bicyclic) bond motifs is 2. The van der Waals surface area contributed by atoms with Crippen molar-refractivity contribution in [1.29, 1.82) is 0 Å². The lowest BCUT2D eigenvalue weighted by atomic mass is 9.82. The topological polar surface area (TPSA) is 0 Å². The molecule has 0 amide bonds. The van der Waals surface area contributed by atoms with E-state index in [1.54, 1.807) is 11.8 Å². The first-order chi connectivity index (χ1) is 9.93. The van der Waals surface area contributed by atoms with Crippen molar-refractivity contribution in [2.75, 3.05) is 0 Å². The van der Waals surface area contributed by atoms with E-state index < -0.39 is 0 Å². The third kappa shape index (κ3) is 2.04. The largest absolute Gasteiger partial charge is 0.129 e. The fraction of sp³-hybridized carbons (Fsp3) is 0.111.